The Balaban J connectivity index is 1.60. The maximum Gasteiger partial charge on any atom is 0.153 e. The van der Waals surface area contributed by atoms with Gasteiger partial charge < -0.3 is 4.90 Å². The van der Waals surface area contributed by atoms with Crippen molar-refractivity contribution in [3.8, 4) is 0 Å². The molecule has 0 radical (unpaired) electrons. The van der Waals surface area contributed by atoms with Gasteiger partial charge in [0.2, 0.25) is 0 Å². The lowest BCUT2D eigenvalue weighted by molar-refractivity contribution is 0.249. The van der Waals surface area contributed by atoms with Crippen molar-refractivity contribution in [1.29, 1.82) is 0 Å². The highest BCUT2D eigenvalue weighted by molar-refractivity contribution is 5.49. The SMILES string of the molecule is CCc1c(N2CCN(Cc3ccccc3)CC2)n[nH]c1C. The second-order valence-electron chi connectivity index (χ2n) is 5.75. The number of piperazine rings is 1. The molecule has 2 aromatic rings. The topological polar surface area (TPSA) is 35.2 Å². The molecule has 4 heteroatoms. The zero-order valence-electron chi connectivity index (χ0n) is 13.0. The molecule has 1 aromatic heterocycles. The quantitative estimate of drug-likeness (QED) is 0.937. The highest BCUT2D eigenvalue weighted by Crippen LogP contribution is 2.22. The molecule has 1 fully saturated rings. The van der Waals surface area contributed by atoms with Crippen LogP contribution >= 0.6 is 0 Å². The van der Waals surface area contributed by atoms with E-state index in [9.17, 15) is 0 Å². The molecule has 112 valence electrons. The molecule has 1 N–H and O–H groups in total. The van der Waals surface area contributed by atoms with Crippen LogP contribution in [0.3, 0.4) is 0 Å². The first kappa shape index (κ1) is 14.1. The Kier molecular flexibility index (Phi) is 4.25. The largest absolute Gasteiger partial charge is 0.352 e. The summed E-state index contributed by atoms with van der Waals surface area (Å²) in [5, 5.41) is 7.63. The van der Waals surface area contributed by atoms with Crippen molar-refractivity contribution < 1.29 is 0 Å². The van der Waals surface area contributed by atoms with Crippen molar-refractivity contribution in [3.05, 3.63) is 47.2 Å². The smallest absolute Gasteiger partial charge is 0.153 e. The summed E-state index contributed by atoms with van der Waals surface area (Å²) in [4.78, 5) is 4.95. The van der Waals surface area contributed by atoms with E-state index in [2.05, 4.69) is 64.2 Å². The minimum absolute atomic E-state index is 1.04. The van der Waals surface area contributed by atoms with Crippen LogP contribution < -0.4 is 4.90 Å². The lowest BCUT2D eigenvalue weighted by atomic mass is 10.1. The molecule has 0 amide bonds. The molecule has 2 heterocycles. The number of anilines is 1. The van der Waals surface area contributed by atoms with Crippen LogP contribution in [0, 0.1) is 6.92 Å². The number of aromatic amines is 1. The van der Waals surface area contributed by atoms with Crippen LogP contribution in [-0.2, 0) is 13.0 Å². The van der Waals surface area contributed by atoms with Crippen molar-refractivity contribution in [3.63, 3.8) is 0 Å². The summed E-state index contributed by atoms with van der Waals surface area (Å²) in [7, 11) is 0. The van der Waals surface area contributed by atoms with Crippen LogP contribution in [0.4, 0.5) is 5.82 Å². The van der Waals surface area contributed by atoms with Gasteiger partial charge in [0.15, 0.2) is 5.82 Å². The van der Waals surface area contributed by atoms with Gasteiger partial charge in [-0.15, -0.1) is 0 Å². The predicted octanol–water partition coefficient (Wildman–Crippen LogP) is 2.60. The van der Waals surface area contributed by atoms with E-state index in [0.717, 1.165) is 45.0 Å². The van der Waals surface area contributed by atoms with Gasteiger partial charge in [-0.1, -0.05) is 37.3 Å². The molecule has 3 rings (SSSR count). The predicted molar refractivity (Wildman–Crippen MR) is 86.6 cm³/mol. The molecular formula is C17H24N4. The molecule has 0 saturated carbocycles. The van der Waals surface area contributed by atoms with E-state index in [0.29, 0.717) is 0 Å². The molecule has 1 aliphatic heterocycles. The first-order valence-electron chi connectivity index (χ1n) is 7.83. The van der Waals surface area contributed by atoms with Gasteiger partial charge in [0, 0.05) is 44.0 Å². The van der Waals surface area contributed by atoms with Gasteiger partial charge >= 0.3 is 0 Å². The fraction of sp³-hybridized carbons (Fsp3) is 0.471. The first-order valence-corrected chi connectivity index (χ1v) is 7.83. The Morgan fingerprint density at radius 3 is 2.48 bits per heavy atom. The van der Waals surface area contributed by atoms with Crippen molar-refractivity contribution in [2.75, 3.05) is 31.1 Å². The Morgan fingerprint density at radius 2 is 1.81 bits per heavy atom. The van der Waals surface area contributed by atoms with Crippen LogP contribution in [0.1, 0.15) is 23.7 Å². The lowest BCUT2D eigenvalue weighted by Gasteiger charge is -2.35. The third-order valence-corrected chi connectivity index (χ3v) is 4.33. The number of benzene rings is 1. The zero-order chi connectivity index (χ0) is 14.7. The van der Waals surface area contributed by atoms with Gasteiger partial charge in [0.25, 0.3) is 0 Å². The molecule has 0 spiro atoms. The Bertz CT molecular complexity index is 568. The van der Waals surface area contributed by atoms with Crippen LogP contribution in [0.25, 0.3) is 0 Å². The normalized spacial score (nSPS) is 16.4. The van der Waals surface area contributed by atoms with E-state index in [1.165, 1.54) is 16.8 Å². The number of nitrogens with one attached hydrogen (secondary N) is 1. The van der Waals surface area contributed by atoms with Crippen molar-refractivity contribution in [2.45, 2.75) is 26.8 Å². The van der Waals surface area contributed by atoms with Gasteiger partial charge in [-0.05, 0) is 18.9 Å². The number of nitrogens with zero attached hydrogens (tertiary/aromatic N) is 3. The van der Waals surface area contributed by atoms with Crippen molar-refractivity contribution >= 4 is 5.82 Å². The van der Waals surface area contributed by atoms with Gasteiger partial charge in [0.05, 0.1) is 0 Å². The van der Waals surface area contributed by atoms with Gasteiger partial charge in [-0.3, -0.25) is 10.00 Å². The Morgan fingerprint density at radius 1 is 1.10 bits per heavy atom. The fourth-order valence-electron chi connectivity index (χ4n) is 3.08. The summed E-state index contributed by atoms with van der Waals surface area (Å²) in [6.45, 7) is 9.69. The minimum Gasteiger partial charge on any atom is -0.352 e. The maximum absolute atomic E-state index is 4.50. The molecule has 1 aromatic carbocycles. The molecule has 21 heavy (non-hydrogen) atoms. The number of H-pyrrole nitrogens is 1. The molecule has 0 atom stereocenters. The summed E-state index contributed by atoms with van der Waals surface area (Å²) in [6, 6.07) is 10.7. The van der Waals surface area contributed by atoms with E-state index >= 15 is 0 Å². The number of aryl methyl sites for hydroxylation is 1. The molecule has 4 nitrogen and oxygen atoms in total. The van der Waals surface area contributed by atoms with Crippen molar-refractivity contribution in [1.82, 2.24) is 15.1 Å². The molecular weight excluding hydrogens is 260 g/mol. The average Bonchev–Trinajstić information content (AvgIpc) is 2.90. The third-order valence-electron chi connectivity index (χ3n) is 4.33. The number of hydrogen-bond acceptors (Lipinski definition) is 3. The van der Waals surface area contributed by atoms with Crippen LogP contribution in [0.15, 0.2) is 30.3 Å². The molecule has 1 aliphatic rings. The maximum atomic E-state index is 4.50. The molecule has 0 aliphatic carbocycles. The van der Waals surface area contributed by atoms with Gasteiger partial charge in [0.1, 0.15) is 0 Å². The monoisotopic (exact) mass is 284 g/mol. The highest BCUT2D eigenvalue weighted by Gasteiger charge is 2.21. The Hall–Kier alpha value is -1.81. The van der Waals surface area contributed by atoms with E-state index in [-0.39, 0.29) is 0 Å². The summed E-state index contributed by atoms with van der Waals surface area (Å²) >= 11 is 0. The van der Waals surface area contributed by atoms with Gasteiger partial charge in [-0.25, -0.2) is 0 Å². The highest BCUT2D eigenvalue weighted by atomic mass is 15.3. The van der Waals surface area contributed by atoms with E-state index in [4.69, 9.17) is 0 Å². The summed E-state index contributed by atoms with van der Waals surface area (Å²) in [5.41, 5.74) is 3.97. The fourth-order valence-corrected chi connectivity index (χ4v) is 3.08. The second-order valence-corrected chi connectivity index (χ2v) is 5.75. The number of rotatable bonds is 4. The molecule has 0 unspecified atom stereocenters. The zero-order valence-corrected chi connectivity index (χ0v) is 13.0. The second kappa shape index (κ2) is 6.31. The van der Waals surface area contributed by atoms with Crippen LogP contribution in [0.2, 0.25) is 0 Å². The lowest BCUT2D eigenvalue weighted by Crippen LogP contribution is -2.46. The van der Waals surface area contributed by atoms with Crippen LogP contribution in [0.5, 0.6) is 0 Å². The minimum atomic E-state index is 1.04. The molecule has 1 saturated heterocycles. The van der Waals surface area contributed by atoms with E-state index in [1.807, 2.05) is 0 Å². The third kappa shape index (κ3) is 3.10. The standard InChI is InChI=1S/C17H24N4/c1-3-16-14(2)18-19-17(16)21-11-9-20(10-12-21)13-15-7-5-4-6-8-15/h4-8H,3,9-13H2,1-2H3,(H,18,19). The van der Waals surface area contributed by atoms with Crippen LogP contribution in [-0.4, -0.2) is 41.3 Å². The first-order chi connectivity index (χ1) is 10.3. The van der Waals surface area contributed by atoms with E-state index in [1.54, 1.807) is 0 Å². The van der Waals surface area contributed by atoms with Crippen molar-refractivity contribution in [2.24, 2.45) is 0 Å². The van der Waals surface area contributed by atoms with E-state index < -0.39 is 0 Å². The average molecular weight is 284 g/mol. The summed E-state index contributed by atoms with van der Waals surface area (Å²) < 4.78 is 0. The number of aromatic nitrogens is 2. The molecule has 0 bridgehead atoms. The Labute approximate surface area is 126 Å². The summed E-state index contributed by atoms with van der Waals surface area (Å²) in [5.74, 6) is 1.16. The summed E-state index contributed by atoms with van der Waals surface area (Å²) in [6.07, 6.45) is 1.04. The number of hydrogen-bond donors (Lipinski definition) is 1. The van der Waals surface area contributed by atoms with Gasteiger partial charge in [-0.2, -0.15) is 5.10 Å².